The zero-order chi connectivity index (χ0) is 21.6. The van der Waals surface area contributed by atoms with Crippen molar-refractivity contribution in [1.29, 1.82) is 0 Å². The summed E-state index contributed by atoms with van der Waals surface area (Å²) in [6.07, 6.45) is 1.80. The maximum absolute atomic E-state index is 14.4. The van der Waals surface area contributed by atoms with Crippen molar-refractivity contribution in [3.8, 4) is 11.6 Å². The third kappa shape index (κ3) is 5.04. The summed E-state index contributed by atoms with van der Waals surface area (Å²) in [6.45, 7) is -0.0297. The van der Waals surface area contributed by atoms with Crippen LogP contribution in [0.4, 0.5) is 8.78 Å². The number of aromatic nitrogens is 5. The van der Waals surface area contributed by atoms with Gasteiger partial charge in [-0.2, -0.15) is 5.21 Å². The summed E-state index contributed by atoms with van der Waals surface area (Å²) in [4.78, 5) is 16.7. The van der Waals surface area contributed by atoms with Crippen LogP contribution in [0.1, 0.15) is 27.3 Å². The Morgan fingerprint density at radius 1 is 1.10 bits per heavy atom. The molecule has 2 heterocycles. The van der Waals surface area contributed by atoms with Crippen LogP contribution in [0.25, 0.3) is 0 Å². The molecule has 0 aliphatic heterocycles. The average molecular weight is 422 g/mol. The number of tetrazole rings is 1. The van der Waals surface area contributed by atoms with Crippen LogP contribution in [0, 0.1) is 11.6 Å². The van der Waals surface area contributed by atoms with E-state index < -0.39 is 17.5 Å². The van der Waals surface area contributed by atoms with Gasteiger partial charge in [0.25, 0.3) is 5.91 Å². The molecule has 10 heteroatoms. The van der Waals surface area contributed by atoms with Gasteiger partial charge in [-0.05, 0) is 48.0 Å². The second-order valence-electron chi connectivity index (χ2n) is 6.53. The first kappa shape index (κ1) is 20.1. The van der Waals surface area contributed by atoms with Crippen molar-refractivity contribution in [2.24, 2.45) is 0 Å². The normalized spacial score (nSPS) is 10.6. The van der Waals surface area contributed by atoms with Crippen molar-refractivity contribution in [1.82, 2.24) is 30.9 Å². The van der Waals surface area contributed by atoms with E-state index in [9.17, 15) is 13.6 Å². The van der Waals surface area contributed by atoms with Crippen molar-refractivity contribution in [2.75, 3.05) is 0 Å². The number of amides is 1. The number of nitrogens with zero attached hydrogens (tertiary/aromatic N) is 4. The summed E-state index contributed by atoms with van der Waals surface area (Å²) in [7, 11) is 0. The lowest BCUT2D eigenvalue weighted by Gasteiger charge is -2.11. The van der Waals surface area contributed by atoms with Crippen molar-refractivity contribution >= 4 is 5.91 Å². The van der Waals surface area contributed by atoms with Crippen molar-refractivity contribution in [3.63, 3.8) is 0 Å². The average Bonchev–Trinajstić information content (AvgIpc) is 3.28. The number of halogens is 2. The molecule has 2 aromatic carbocycles. The minimum Gasteiger partial charge on any atom is -0.438 e. The van der Waals surface area contributed by atoms with Gasteiger partial charge in [0.15, 0.2) is 5.82 Å². The maximum atomic E-state index is 14.4. The van der Waals surface area contributed by atoms with Gasteiger partial charge in [0.2, 0.25) is 5.88 Å². The summed E-state index contributed by atoms with van der Waals surface area (Å²) in [5.41, 5.74) is 1.16. The van der Waals surface area contributed by atoms with Crippen LogP contribution in [0.5, 0.6) is 11.6 Å². The molecule has 0 radical (unpaired) electrons. The van der Waals surface area contributed by atoms with Gasteiger partial charge in [0.1, 0.15) is 22.9 Å². The Balaban J connectivity index is 1.42. The molecule has 2 N–H and O–H groups in total. The highest BCUT2D eigenvalue weighted by atomic mass is 19.1. The first-order valence-corrected chi connectivity index (χ1v) is 9.25. The molecule has 4 rings (SSSR count). The van der Waals surface area contributed by atoms with Crippen LogP contribution in [0.15, 0.2) is 60.8 Å². The number of aromatic amines is 1. The molecule has 0 aliphatic carbocycles. The molecule has 0 saturated carbocycles. The number of nitrogens with one attached hydrogen (secondary N) is 2. The van der Waals surface area contributed by atoms with Crippen LogP contribution in [-0.2, 0) is 13.0 Å². The van der Waals surface area contributed by atoms with E-state index in [2.05, 4.69) is 30.9 Å². The third-order valence-electron chi connectivity index (χ3n) is 4.35. The molecular weight excluding hydrogens is 406 g/mol. The van der Waals surface area contributed by atoms with Gasteiger partial charge in [-0.1, -0.05) is 17.3 Å². The summed E-state index contributed by atoms with van der Waals surface area (Å²) in [6, 6.07) is 13.1. The summed E-state index contributed by atoms with van der Waals surface area (Å²) in [5.74, 6) is -0.516. The molecule has 8 nitrogen and oxygen atoms in total. The van der Waals surface area contributed by atoms with Crippen LogP contribution >= 0.6 is 0 Å². The van der Waals surface area contributed by atoms with Crippen molar-refractivity contribution in [2.45, 2.75) is 13.0 Å². The fourth-order valence-corrected chi connectivity index (χ4v) is 2.81. The molecule has 0 aliphatic rings. The van der Waals surface area contributed by atoms with E-state index in [4.69, 9.17) is 4.74 Å². The van der Waals surface area contributed by atoms with E-state index in [0.29, 0.717) is 29.1 Å². The van der Waals surface area contributed by atoms with Crippen LogP contribution in [0.2, 0.25) is 0 Å². The number of pyridine rings is 1. The molecular formula is C21H16F2N6O2. The number of benzene rings is 2. The Kier molecular flexibility index (Phi) is 5.88. The fourth-order valence-electron chi connectivity index (χ4n) is 2.81. The van der Waals surface area contributed by atoms with Crippen LogP contribution in [0.3, 0.4) is 0 Å². The number of carbonyl (C=O) groups excluding carboxylic acids is 1. The summed E-state index contributed by atoms with van der Waals surface area (Å²) in [5, 5.41) is 16.1. The first-order valence-electron chi connectivity index (χ1n) is 9.25. The van der Waals surface area contributed by atoms with Crippen molar-refractivity contribution in [3.05, 3.63) is 94.9 Å². The van der Waals surface area contributed by atoms with Crippen LogP contribution < -0.4 is 10.1 Å². The summed E-state index contributed by atoms with van der Waals surface area (Å²) < 4.78 is 33.1. The molecule has 0 bridgehead atoms. The minimum absolute atomic E-state index is 0.0297. The summed E-state index contributed by atoms with van der Waals surface area (Å²) >= 11 is 0. The Labute approximate surface area is 175 Å². The highest BCUT2D eigenvalue weighted by Gasteiger charge is 2.15. The Morgan fingerprint density at radius 3 is 2.68 bits per heavy atom. The maximum Gasteiger partial charge on any atom is 0.257 e. The monoisotopic (exact) mass is 422 g/mol. The number of H-pyrrole nitrogens is 1. The van der Waals surface area contributed by atoms with E-state index in [1.807, 2.05) is 0 Å². The number of hydrogen-bond acceptors (Lipinski definition) is 6. The molecule has 2 aromatic heterocycles. The molecule has 1 amide bonds. The molecule has 0 fully saturated rings. The second kappa shape index (κ2) is 9.08. The van der Waals surface area contributed by atoms with Gasteiger partial charge in [-0.25, -0.2) is 13.8 Å². The highest BCUT2D eigenvalue weighted by Crippen LogP contribution is 2.23. The lowest BCUT2D eigenvalue weighted by molar-refractivity contribution is 0.0947. The smallest absolute Gasteiger partial charge is 0.257 e. The number of hydrogen-bond donors (Lipinski definition) is 2. The van der Waals surface area contributed by atoms with E-state index >= 15 is 0 Å². The topological polar surface area (TPSA) is 106 Å². The molecule has 0 unspecified atom stereocenters. The van der Waals surface area contributed by atoms with Gasteiger partial charge in [-0.15, -0.1) is 10.2 Å². The molecule has 0 atom stereocenters. The Morgan fingerprint density at radius 2 is 1.94 bits per heavy atom. The quantitative estimate of drug-likeness (QED) is 0.474. The largest absolute Gasteiger partial charge is 0.438 e. The molecule has 4 aromatic rings. The van der Waals surface area contributed by atoms with Gasteiger partial charge in [0, 0.05) is 24.7 Å². The first-order chi connectivity index (χ1) is 15.1. The zero-order valence-corrected chi connectivity index (χ0v) is 16.0. The van der Waals surface area contributed by atoms with Gasteiger partial charge in [0.05, 0.1) is 0 Å². The second-order valence-corrected chi connectivity index (χ2v) is 6.53. The lowest BCUT2D eigenvalue weighted by Crippen LogP contribution is -2.24. The van der Waals surface area contributed by atoms with E-state index in [-0.39, 0.29) is 18.0 Å². The predicted octanol–water partition coefficient (Wildman–Crippen LogP) is 3.19. The fraction of sp³-hybridized carbons (Fsp3) is 0.0952. The van der Waals surface area contributed by atoms with E-state index in [1.165, 1.54) is 42.6 Å². The van der Waals surface area contributed by atoms with E-state index in [1.54, 1.807) is 18.2 Å². The minimum atomic E-state index is -0.486. The highest BCUT2D eigenvalue weighted by molar-refractivity contribution is 5.96. The number of carbonyl (C=O) groups is 1. The van der Waals surface area contributed by atoms with Gasteiger partial charge in [-0.3, -0.25) is 4.79 Å². The number of rotatable bonds is 7. The Hall–Kier alpha value is -4.21. The van der Waals surface area contributed by atoms with Crippen LogP contribution in [-0.4, -0.2) is 31.5 Å². The lowest BCUT2D eigenvalue weighted by atomic mass is 10.1. The molecule has 0 saturated heterocycles. The molecule has 31 heavy (non-hydrogen) atoms. The molecule has 156 valence electrons. The van der Waals surface area contributed by atoms with E-state index in [0.717, 1.165) is 0 Å². The van der Waals surface area contributed by atoms with Gasteiger partial charge >= 0.3 is 0 Å². The predicted molar refractivity (Wildman–Crippen MR) is 105 cm³/mol. The molecule has 0 spiro atoms. The Bertz CT molecular complexity index is 1180. The van der Waals surface area contributed by atoms with Gasteiger partial charge < -0.3 is 10.1 Å². The number of ether oxygens (including phenoxy) is 1. The third-order valence-corrected chi connectivity index (χ3v) is 4.35. The van der Waals surface area contributed by atoms with Crippen molar-refractivity contribution < 1.29 is 18.3 Å². The SMILES string of the molecule is O=C(NCc1ccc(Cc2nn[nH]n2)cc1F)c1cccnc1Oc1ccc(F)cc1. The standard InChI is InChI=1S/C21H16F2N6O2/c22-15-5-7-16(8-6-15)31-21-17(2-1-9-24-21)20(30)25-12-14-4-3-13(10-18(14)23)11-19-26-28-29-27-19/h1-10H,11-12H2,(H,25,30)(H,26,27,28,29). The zero-order valence-electron chi connectivity index (χ0n) is 16.0.